The lowest BCUT2D eigenvalue weighted by atomic mass is 10.1. The fourth-order valence-corrected chi connectivity index (χ4v) is 2.24. The van der Waals surface area contributed by atoms with Gasteiger partial charge in [-0.3, -0.25) is 4.79 Å². The number of rotatable bonds is 6. The first-order chi connectivity index (χ1) is 11.8. The Balaban J connectivity index is 2.08. The van der Waals surface area contributed by atoms with Crippen molar-refractivity contribution in [1.82, 2.24) is 5.43 Å². The SMILES string of the molecule is CC(C)(O)C(=O)NN=Cc1cc(Cl)ccc1OCc1ccc(Br)cc1. The molecule has 7 heteroatoms. The monoisotopic (exact) mass is 424 g/mol. The molecular weight excluding hydrogens is 408 g/mol. The van der Waals surface area contributed by atoms with E-state index in [4.69, 9.17) is 16.3 Å². The molecule has 0 saturated carbocycles. The van der Waals surface area contributed by atoms with Crippen LogP contribution in [0.4, 0.5) is 0 Å². The van der Waals surface area contributed by atoms with Gasteiger partial charge in [-0.25, -0.2) is 5.43 Å². The molecule has 2 rings (SSSR count). The third kappa shape index (κ3) is 6.16. The lowest BCUT2D eigenvalue weighted by molar-refractivity contribution is -0.136. The molecule has 0 bridgehead atoms. The number of aliphatic hydroxyl groups is 1. The molecule has 2 aromatic rings. The molecule has 5 nitrogen and oxygen atoms in total. The Morgan fingerprint density at radius 2 is 2.00 bits per heavy atom. The highest BCUT2D eigenvalue weighted by Gasteiger charge is 2.22. The van der Waals surface area contributed by atoms with Crippen molar-refractivity contribution >= 4 is 39.7 Å². The predicted molar refractivity (Wildman–Crippen MR) is 102 cm³/mol. The van der Waals surface area contributed by atoms with Crippen LogP contribution in [-0.4, -0.2) is 22.8 Å². The first-order valence-electron chi connectivity index (χ1n) is 7.48. The molecule has 2 N–H and O–H groups in total. The van der Waals surface area contributed by atoms with Gasteiger partial charge in [0.05, 0.1) is 6.21 Å². The van der Waals surface area contributed by atoms with Gasteiger partial charge in [0.1, 0.15) is 18.0 Å². The summed E-state index contributed by atoms with van der Waals surface area (Å²) in [5.74, 6) is -0.0308. The van der Waals surface area contributed by atoms with E-state index in [9.17, 15) is 9.90 Å². The van der Waals surface area contributed by atoms with Crippen molar-refractivity contribution in [1.29, 1.82) is 0 Å². The highest BCUT2D eigenvalue weighted by molar-refractivity contribution is 9.10. The number of carbonyl (C=O) groups is 1. The van der Waals surface area contributed by atoms with Crippen LogP contribution < -0.4 is 10.2 Å². The minimum Gasteiger partial charge on any atom is -0.488 e. The molecule has 0 aliphatic rings. The summed E-state index contributed by atoms with van der Waals surface area (Å²) in [5.41, 5.74) is 2.39. The maximum absolute atomic E-state index is 11.6. The van der Waals surface area contributed by atoms with Gasteiger partial charge in [0.2, 0.25) is 0 Å². The minimum atomic E-state index is -1.51. The van der Waals surface area contributed by atoms with Crippen LogP contribution in [0, 0.1) is 0 Å². The van der Waals surface area contributed by atoms with Gasteiger partial charge in [-0.05, 0) is 49.7 Å². The molecule has 0 atom stereocenters. The third-order valence-electron chi connectivity index (χ3n) is 3.20. The summed E-state index contributed by atoms with van der Waals surface area (Å²) >= 11 is 9.41. The lowest BCUT2D eigenvalue weighted by Crippen LogP contribution is -2.39. The Bertz CT molecular complexity index is 771. The molecule has 0 heterocycles. The topological polar surface area (TPSA) is 70.9 Å². The van der Waals surface area contributed by atoms with Crippen LogP contribution in [0.1, 0.15) is 25.0 Å². The molecule has 0 aliphatic heterocycles. The zero-order valence-electron chi connectivity index (χ0n) is 13.8. The van der Waals surface area contributed by atoms with Gasteiger partial charge in [-0.2, -0.15) is 5.10 Å². The summed E-state index contributed by atoms with van der Waals surface area (Å²) in [7, 11) is 0. The summed E-state index contributed by atoms with van der Waals surface area (Å²) in [5, 5.41) is 13.9. The summed E-state index contributed by atoms with van der Waals surface area (Å²) in [6, 6.07) is 12.9. The molecule has 2 aromatic carbocycles. The predicted octanol–water partition coefficient (Wildman–Crippen LogP) is 3.90. The van der Waals surface area contributed by atoms with Crippen molar-refractivity contribution < 1.29 is 14.6 Å². The minimum absolute atomic E-state index is 0.381. The molecule has 0 radical (unpaired) electrons. The Hall–Kier alpha value is -1.89. The summed E-state index contributed by atoms with van der Waals surface area (Å²) in [4.78, 5) is 11.6. The quantitative estimate of drug-likeness (QED) is 0.545. The zero-order chi connectivity index (χ0) is 18.4. The molecule has 0 spiro atoms. The van der Waals surface area contributed by atoms with Crippen LogP contribution in [0.2, 0.25) is 5.02 Å². The summed E-state index contributed by atoms with van der Waals surface area (Å²) in [6.45, 7) is 3.14. The third-order valence-corrected chi connectivity index (χ3v) is 3.97. The van der Waals surface area contributed by atoms with Gasteiger partial charge in [0.25, 0.3) is 5.91 Å². The van der Waals surface area contributed by atoms with Gasteiger partial charge >= 0.3 is 0 Å². The maximum Gasteiger partial charge on any atom is 0.271 e. The second kappa shape index (κ2) is 8.47. The number of nitrogens with one attached hydrogen (secondary N) is 1. The van der Waals surface area contributed by atoms with Crippen LogP contribution in [0.3, 0.4) is 0 Å². The Labute approximate surface area is 159 Å². The number of halogens is 2. The molecule has 0 aliphatic carbocycles. The Morgan fingerprint density at radius 3 is 2.64 bits per heavy atom. The first-order valence-corrected chi connectivity index (χ1v) is 8.65. The van der Waals surface area contributed by atoms with Gasteiger partial charge < -0.3 is 9.84 Å². The van der Waals surface area contributed by atoms with Crippen molar-refractivity contribution in [3.8, 4) is 5.75 Å². The normalized spacial score (nSPS) is 11.6. The number of hydrogen-bond donors (Lipinski definition) is 2. The second-order valence-corrected chi connectivity index (χ2v) is 7.21. The standard InChI is InChI=1S/C18H18BrClN2O3/c1-18(2,24)17(23)22-21-10-13-9-15(20)7-8-16(13)25-11-12-3-5-14(19)6-4-12/h3-10,24H,11H2,1-2H3,(H,22,23). The molecule has 1 amide bonds. The number of ether oxygens (including phenoxy) is 1. The van der Waals surface area contributed by atoms with E-state index in [2.05, 4.69) is 26.5 Å². The van der Waals surface area contributed by atoms with Crippen molar-refractivity contribution in [2.24, 2.45) is 5.10 Å². The number of hydrogen-bond acceptors (Lipinski definition) is 4. The van der Waals surface area contributed by atoms with E-state index in [1.165, 1.54) is 20.1 Å². The molecule has 0 fully saturated rings. The number of hydrazone groups is 1. The van der Waals surface area contributed by atoms with E-state index in [1.807, 2.05) is 24.3 Å². The van der Waals surface area contributed by atoms with Crippen molar-refractivity contribution in [2.75, 3.05) is 0 Å². The highest BCUT2D eigenvalue weighted by Crippen LogP contribution is 2.23. The van der Waals surface area contributed by atoms with Crippen LogP contribution in [0.5, 0.6) is 5.75 Å². The molecule has 0 aromatic heterocycles. The van der Waals surface area contributed by atoms with Crippen LogP contribution >= 0.6 is 27.5 Å². The second-order valence-electron chi connectivity index (χ2n) is 5.86. The average Bonchev–Trinajstić information content (AvgIpc) is 2.54. The van der Waals surface area contributed by atoms with Gasteiger partial charge in [0.15, 0.2) is 0 Å². The molecule has 132 valence electrons. The number of nitrogens with zero attached hydrogens (tertiary/aromatic N) is 1. The average molecular weight is 426 g/mol. The zero-order valence-corrected chi connectivity index (χ0v) is 16.1. The van der Waals surface area contributed by atoms with E-state index in [0.29, 0.717) is 22.9 Å². The number of carbonyl (C=O) groups excluding carboxylic acids is 1. The van der Waals surface area contributed by atoms with Crippen LogP contribution in [-0.2, 0) is 11.4 Å². The van der Waals surface area contributed by atoms with Crippen LogP contribution in [0.15, 0.2) is 52.0 Å². The van der Waals surface area contributed by atoms with Crippen molar-refractivity contribution in [3.05, 3.63) is 63.1 Å². The first kappa shape index (κ1) is 19.4. The van der Waals surface area contributed by atoms with E-state index < -0.39 is 11.5 Å². The van der Waals surface area contributed by atoms with Crippen molar-refractivity contribution in [2.45, 2.75) is 26.1 Å². The Kier molecular flexibility index (Phi) is 6.58. The van der Waals surface area contributed by atoms with Crippen LogP contribution in [0.25, 0.3) is 0 Å². The number of benzene rings is 2. The van der Waals surface area contributed by atoms with E-state index >= 15 is 0 Å². The fourth-order valence-electron chi connectivity index (χ4n) is 1.79. The highest BCUT2D eigenvalue weighted by atomic mass is 79.9. The molecular formula is C18H18BrClN2O3. The van der Waals surface area contributed by atoms with E-state index in [0.717, 1.165) is 10.0 Å². The summed E-state index contributed by atoms with van der Waals surface area (Å²) < 4.78 is 6.81. The van der Waals surface area contributed by atoms with Crippen molar-refractivity contribution in [3.63, 3.8) is 0 Å². The Morgan fingerprint density at radius 1 is 1.32 bits per heavy atom. The molecule has 25 heavy (non-hydrogen) atoms. The van der Waals surface area contributed by atoms with Gasteiger partial charge in [0, 0.05) is 15.1 Å². The van der Waals surface area contributed by atoms with E-state index in [1.54, 1.807) is 18.2 Å². The van der Waals surface area contributed by atoms with E-state index in [-0.39, 0.29) is 0 Å². The maximum atomic E-state index is 11.6. The molecule has 0 unspecified atom stereocenters. The number of amides is 1. The van der Waals surface area contributed by atoms with Gasteiger partial charge in [-0.1, -0.05) is 39.7 Å². The molecule has 0 saturated heterocycles. The lowest BCUT2D eigenvalue weighted by Gasteiger charge is -2.14. The fraction of sp³-hybridized carbons (Fsp3) is 0.222. The van der Waals surface area contributed by atoms with Gasteiger partial charge in [-0.15, -0.1) is 0 Å². The largest absolute Gasteiger partial charge is 0.488 e. The smallest absolute Gasteiger partial charge is 0.271 e. The summed E-state index contributed by atoms with van der Waals surface area (Å²) in [6.07, 6.45) is 1.42.